The molecule has 3 aromatic rings. The predicted octanol–water partition coefficient (Wildman–Crippen LogP) is 2.56. The Morgan fingerprint density at radius 1 is 1.20 bits per heavy atom. The van der Waals surface area contributed by atoms with Crippen LogP contribution in [-0.4, -0.2) is 25.7 Å². The second-order valence-electron chi connectivity index (χ2n) is 6.51. The summed E-state index contributed by atoms with van der Waals surface area (Å²) < 4.78 is 1.63. The molecule has 128 valence electrons. The summed E-state index contributed by atoms with van der Waals surface area (Å²) in [5.41, 5.74) is 3.86. The summed E-state index contributed by atoms with van der Waals surface area (Å²) in [6, 6.07) is 7.90. The smallest absolute Gasteiger partial charge is 0.252 e. The maximum absolute atomic E-state index is 13.0. The first-order valence-electron chi connectivity index (χ1n) is 8.75. The maximum atomic E-state index is 13.0. The van der Waals surface area contributed by atoms with Gasteiger partial charge in [0.05, 0.1) is 17.6 Å². The van der Waals surface area contributed by atoms with E-state index in [2.05, 4.69) is 15.4 Å². The number of benzene rings is 1. The molecule has 4 rings (SSSR count). The van der Waals surface area contributed by atoms with Crippen molar-refractivity contribution in [2.45, 2.75) is 38.6 Å². The van der Waals surface area contributed by atoms with Crippen LogP contribution in [0.15, 0.2) is 30.6 Å². The van der Waals surface area contributed by atoms with E-state index in [1.54, 1.807) is 11.0 Å². The molecule has 0 saturated carbocycles. The van der Waals surface area contributed by atoms with E-state index < -0.39 is 0 Å². The molecule has 0 atom stereocenters. The first kappa shape index (κ1) is 15.7. The van der Waals surface area contributed by atoms with E-state index in [1.807, 2.05) is 31.3 Å². The third-order valence-corrected chi connectivity index (χ3v) is 4.70. The van der Waals surface area contributed by atoms with Gasteiger partial charge in [0, 0.05) is 18.1 Å². The SMILES string of the molecule is Cn1cnc(CNC(=O)c2c3c(nc4ccccc24)CCCCC3)n1. The topological polar surface area (TPSA) is 72.7 Å². The van der Waals surface area contributed by atoms with Crippen LogP contribution in [-0.2, 0) is 26.4 Å². The molecule has 6 heteroatoms. The fourth-order valence-corrected chi connectivity index (χ4v) is 3.52. The lowest BCUT2D eigenvalue weighted by Gasteiger charge is -2.15. The fourth-order valence-electron chi connectivity index (χ4n) is 3.52. The number of hydrogen-bond donors (Lipinski definition) is 1. The maximum Gasteiger partial charge on any atom is 0.252 e. The van der Waals surface area contributed by atoms with E-state index in [0.29, 0.717) is 12.4 Å². The highest BCUT2D eigenvalue weighted by atomic mass is 16.1. The second kappa shape index (κ2) is 6.63. The highest BCUT2D eigenvalue weighted by Gasteiger charge is 2.21. The number of aromatic nitrogens is 4. The summed E-state index contributed by atoms with van der Waals surface area (Å²) in [6.07, 6.45) is 6.92. The minimum Gasteiger partial charge on any atom is -0.345 e. The van der Waals surface area contributed by atoms with Crippen LogP contribution < -0.4 is 5.32 Å². The Balaban J connectivity index is 1.73. The van der Waals surface area contributed by atoms with Crippen LogP contribution in [0.4, 0.5) is 0 Å². The zero-order valence-electron chi connectivity index (χ0n) is 14.3. The van der Waals surface area contributed by atoms with E-state index in [4.69, 9.17) is 4.98 Å². The van der Waals surface area contributed by atoms with Gasteiger partial charge in [0.15, 0.2) is 5.82 Å². The van der Waals surface area contributed by atoms with Crippen molar-refractivity contribution in [3.05, 3.63) is 53.2 Å². The number of rotatable bonds is 3. The standard InChI is InChI=1S/C19H21N5O/c1-24-12-21-17(23-24)11-20-19(25)18-13-7-3-2-4-9-15(13)22-16-10-6-5-8-14(16)18/h5-6,8,10,12H,2-4,7,9,11H2,1H3,(H,20,25). The molecule has 2 aromatic heterocycles. The minimum absolute atomic E-state index is 0.0656. The van der Waals surface area contributed by atoms with E-state index >= 15 is 0 Å². The summed E-state index contributed by atoms with van der Waals surface area (Å²) in [5, 5.41) is 8.13. The molecule has 0 bridgehead atoms. The number of aryl methyl sites for hydroxylation is 2. The van der Waals surface area contributed by atoms with Gasteiger partial charge < -0.3 is 5.32 Å². The Morgan fingerprint density at radius 3 is 2.88 bits per heavy atom. The Hall–Kier alpha value is -2.76. The van der Waals surface area contributed by atoms with Crippen LogP contribution in [0.5, 0.6) is 0 Å². The average molecular weight is 335 g/mol. The number of hydrogen-bond acceptors (Lipinski definition) is 4. The number of amides is 1. The van der Waals surface area contributed by atoms with Crippen molar-refractivity contribution >= 4 is 16.8 Å². The molecule has 1 N–H and O–H groups in total. The van der Waals surface area contributed by atoms with E-state index in [9.17, 15) is 4.79 Å². The number of para-hydroxylation sites is 1. The largest absolute Gasteiger partial charge is 0.345 e. The van der Waals surface area contributed by atoms with Crippen LogP contribution >= 0.6 is 0 Å². The molecule has 1 aliphatic rings. The summed E-state index contributed by atoms with van der Waals surface area (Å²) >= 11 is 0. The number of nitrogens with zero attached hydrogens (tertiary/aromatic N) is 4. The first-order valence-corrected chi connectivity index (χ1v) is 8.75. The summed E-state index contributed by atoms with van der Waals surface area (Å²) in [4.78, 5) is 22.0. The van der Waals surface area contributed by atoms with Gasteiger partial charge in [0.25, 0.3) is 5.91 Å². The molecule has 1 aliphatic carbocycles. The van der Waals surface area contributed by atoms with Gasteiger partial charge >= 0.3 is 0 Å². The van der Waals surface area contributed by atoms with Gasteiger partial charge in [0.2, 0.25) is 0 Å². The van der Waals surface area contributed by atoms with Crippen molar-refractivity contribution in [3.8, 4) is 0 Å². The Bertz CT molecular complexity index is 931. The van der Waals surface area contributed by atoms with E-state index in [-0.39, 0.29) is 5.91 Å². The lowest BCUT2D eigenvalue weighted by Crippen LogP contribution is -2.25. The Labute approximate surface area is 146 Å². The molecule has 0 aliphatic heterocycles. The van der Waals surface area contributed by atoms with Gasteiger partial charge in [-0.15, -0.1) is 0 Å². The number of fused-ring (bicyclic) bond motifs is 2. The fraction of sp³-hybridized carbons (Fsp3) is 0.368. The Kier molecular flexibility index (Phi) is 4.17. The van der Waals surface area contributed by atoms with E-state index in [0.717, 1.165) is 53.4 Å². The molecule has 0 saturated heterocycles. The molecule has 1 aromatic carbocycles. The van der Waals surface area contributed by atoms with E-state index in [1.165, 1.54) is 6.42 Å². The lowest BCUT2D eigenvalue weighted by atomic mass is 9.96. The molecule has 0 spiro atoms. The second-order valence-corrected chi connectivity index (χ2v) is 6.51. The number of carbonyl (C=O) groups excluding carboxylic acids is 1. The minimum atomic E-state index is -0.0656. The third-order valence-electron chi connectivity index (χ3n) is 4.70. The van der Waals surface area contributed by atoms with Gasteiger partial charge in [0.1, 0.15) is 6.33 Å². The molecule has 1 amide bonds. The number of pyridine rings is 1. The summed E-state index contributed by atoms with van der Waals surface area (Å²) in [7, 11) is 1.81. The predicted molar refractivity (Wildman–Crippen MR) is 95.2 cm³/mol. The van der Waals surface area contributed by atoms with Crippen LogP contribution in [0.1, 0.15) is 46.7 Å². The molecule has 25 heavy (non-hydrogen) atoms. The van der Waals surface area contributed by atoms with Gasteiger partial charge in [-0.1, -0.05) is 24.6 Å². The van der Waals surface area contributed by atoms with Crippen LogP contribution in [0.3, 0.4) is 0 Å². The zero-order valence-corrected chi connectivity index (χ0v) is 14.3. The van der Waals surface area contributed by atoms with Crippen molar-refractivity contribution in [2.24, 2.45) is 7.05 Å². The van der Waals surface area contributed by atoms with Gasteiger partial charge in [-0.25, -0.2) is 4.98 Å². The van der Waals surface area contributed by atoms with Crippen LogP contribution in [0, 0.1) is 0 Å². The van der Waals surface area contributed by atoms with Crippen molar-refractivity contribution in [1.29, 1.82) is 0 Å². The number of nitrogens with one attached hydrogen (secondary N) is 1. The molecular weight excluding hydrogens is 314 g/mol. The highest BCUT2D eigenvalue weighted by Crippen LogP contribution is 2.28. The molecular formula is C19H21N5O. The Morgan fingerprint density at radius 2 is 2.04 bits per heavy atom. The van der Waals surface area contributed by atoms with Gasteiger partial charge in [-0.05, 0) is 37.3 Å². The van der Waals surface area contributed by atoms with Gasteiger partial charge in [-0.2, -0.15) is 5.10 Å². The molecule has 0 unspecified atom stereocenters. The normalized spacial score (nSPS) is 14.1. The van der Waals surface area contributed by atoms with Crippen LogP contribution in [0.25, 0.3) is 10.9 Å². The molecule has 6 nitrogen and oxygen atoms in total. The third kappa shape index (κ3) is 3.12. The van der Waals surface area contributed by atoms with Gasteiger partial charge in [-0.3, -0.25) is 14.5 Å². The van der Waals surface area contributed by atoms with Crippen molar-refractivity contribution in [3.63, 3.8) is 0 Å². The zero-order chi connectivity index (χ0) is 17.2. The average Bonchev–Trinajstić information content (AvgIpc) is 2.90. The van der Waals surface area contributed by atoms with Crippen molar-refractivity contribution in [1.82, 2.24) is 25.1 Å². The molecule has 0 fully saturated rings. The van der Waals surface area contributed by atoms with Crippen LogP contribution in [0.2, 0.25) is 0 Å². The highest BCUT2D eigenvalue weighted by molar-refractivity contribution is 6.07. The monoisotopic (exact) mass is 335 g/mol. The number of carbonyl (C=O) groups is 1. The summed E-state index contributed by atoms with van der Waals surface area (Å²) in [6.45, 7) is 0.325. The molecule has 0 radical (unpaired) electrons. The quantitative estimate of drug-likeness (QED) is 0.747. The lowest BCUT2D eigenvalue weighted by molar-refractivity contribution is 0.0950. The molecule has 2 heterocycles. The first-order chi connectivity index (χ1) is 12.2. The van der Waals surface area contributed by atoms with Crippen molar-refractivity contribution < 1.29 is 4.79 Å². The summed E-state index contributed by atoms with van der Waals surface area (Å²) in [5.74, 6) is 0.546. The van der Waals surface area contributed by atoms with Crippen molar-refractivity contribution in [2.75, 3.05) is 0 Å².